The fourth-order valence-corrected chi connectivity index (χ4v) is 10.9. The molecule has 18 atom stereocenters. The summed E-state index contributed by atoms with van der Waals surface area (Å²) in [4.78, 5) is 38.4. The predicted molar refractivity (Wildman–Crippen MR) is 301 cm³/mol. The molecule has 0 bridgehead atoms. The van der Waals surface area contributed by atoms with Crippen LogP contribution in [0, 0.1) is 0 Å². The lowest BCUT2D eigenvalue weighted by molar-refractivity contribution is -0.386. The van der Waals surface area contributed by atoms with Crippen molar-refractivity contribution in [3.05, 3.63) is 12.2 Å². The number of nitrogens with one attached hydrogen (secondary N) is 2. The molecule has 0 aromatic heterocycles. The third-order valence-corrected chi connectivity index (χ3v) is 16.0. The van der Waals surface area contributed by atoms with E-state index in [9.17, 15) is 75.7 Å². The maximum atomic E-state index is 13.4. The van der Waals surface area contributed by atoms with Crippen molar-refractivity contribution in [1.29, 1.82) is 0 Å². The van der Waals surface area contributed by atoms with Crippen molar-refractivity contribution in [2.75, 3.05) is 26.4 Å². The van der Waals surface area contributed by atoms with Crippen LogP contribution in [0.4, 0.5) is 0 Å². The number of aliphatic hydroxyl groups is 11. The van der Waals surface area contributed by atoms with Crippen LogP contribution in [0.5, 0.6) is 0 Å². The van der Waals surface area contributed by atoms with E-state index in [1.54, 1.807) is 6.08 Å². The smallest absolute Gasteiger partial charge is 0.364 e. The van der Waals surface area contributed by atoms with Gasteiger partial charge in [-0.05, 0) is 19.3 Å². The molecule has 0 aromatic carbocycles. The van der Waals surface area contributed by atoms with E-state index in [0.717, 1.165) is 51.9 Å². The van der Waals surface area contributed by atoms with E-state index in [4.69, 9.17) is 28.4 Å². The summed E-state index contributed by atoms with van der Waals surface area (Å²) < 4.78 is 34.7. The molecular weight excluding hydrogens is 1070 g/mol. The van der Waals surface area contributed by atoms with Gasteiger partial charge in [0.15, 0.2) is 12.6 Å². The largest absolute Gasteiger partial charge is 0.477 e. The van der Waals surface area contributed by atoms with E-state index in [1.165, 1.54) is 116 Å². The number of aliphatic hydroxyl groups excluding tert-OH is 11. The lowest BCUT2D eigenvalue weighted by Gasteiger charge is -2.50. The van der Waals surface area contributed by atoms with E-state index in [1.807, 2.05) is 6.08 Å². The van der Waals surface area contributed by atoms with Gasteiger partial charge in [0.2, 0.25) is 11.8 Å². The van der Waals surface area contributed by atoms with Crippen molar-refractivity contribution >= 4 is 17.8 Å². The summed E-state index contributed by atoms with van der Waals surface area (Å²) in [6.07, 6.45) is 5.61. The minimum Gasteiger partial charge on any atom is -0.477 e. The zero-order chi connectivity index (χ0) is 60.5. The molecule has 2 amide bonds. The molecule has 0 aromatic rings. The van der Waals surface area contributed by atoms with E-state index < -0.39 is 155 Å². The molecule has 14 N–H and O–H groups in total. The SMILES string of the molecule is CCCCCCCCCCCCC/C=C/[C@@H](O)[C@H](CO[C@@H]1O[C@@H](CO)[C@@H](O[C@@H]2OC(CO)[C@@H](O)[C@H](O[C@]3(C(=O)O)C[C@@H](O)[C@@H](NC(C)=O)C([C@@H](O)[C@H](O)CO)O3)C2O)C(O)C1O)NC(=O)CCCCCCCCCCCCCCCCC. The van der Waals surface area contributed by atoms with Gasteiger partial charge in [-0.15, -0.1) is 0 Å². The number of aliphatic carboxylic acids is 1. The second-order valence-corrected chi connectivity index (χ2v) is 22.9. The molecule has 23 heteroatoms. The number of ether oxygens (including phenoxy) is 6. The maximum absolute atomic E-state index is 13.4. The summed E-state index contributed by atoms with van der Waals surface area (Å²) in [6.45, 7) is 2.10. The van der Waals surface area contributed by atoms with E-state index in [0.29, 0.717) is 12.8 Å². The molecule has 3 aliphatic rings. The molecule has 0 spiro atoms. The van der Waals surface area contributed by atoms with Gasteiger partial charge in [0.05, 0.1) is 50.7 Å². The Morgan fingerprint density at radius 1 is 0.634 bits per heavy atom. The van der Waals surface area contributed by atoms with Crippen LogP contribution >= 0.6 is 0 Å². The monoisotopic (exact) mass is 1180 g/mol. The van der Waals surface area contributed by atoms with Gasteiger partial charge >= 0.3 is 5.97 Å². The van der Waals surface area contributed by atoms with Crippen LogP contribution < -0.4 is 10.6 Å². The van der Waals surface area contributed by atoms with E-state index in [-0.39, 0.29) is 12.3 Å². The first-order valence-corrected chi connectivity index (χ1v) is 31.1. The zero-order valence-corrected chi connectivity index (χ0v) is 49.3. The number of rotatable bonds is 45. The van der Waals surface area contributed by atoms with Crippen LogP contribution in [0.25, 0.3) is 0 Å². The average molecular weight is 1180 g/mol. The average Bonchev–Trinajstić information content (AvgIpc) is 3.65. The van der Waals surface area contributed by atoms with Gasteiger partial charge in [0.1, 0.15) is 67.1 Å². The Kier molecular flexibility index (Phi) is 37.4. The van der Waals surface area contributed by atoms with Gasteiger partial charge < -0.3 is 100 Å². The molecule has 0 saturated carbocycles. The van der Waals surface area contributed by atoms with Crippen molar-refractivity contribution in [3.63, 3.8) is 0 Å². The van der Waals surface area contributed by atoms with Crippen LogP contribution in [0.3, 0.4) is 0 Å². The summed E-state index contributed by atoms with van der Waals surface area (Å²) in [5.41, 5.74) is 0. The topological polar surface area (TPSA) is 373 Å². The first-order valence-electron chi connectivity index (χ1n) is 31.1. The Labute approximate surface area is 486 Å². The number of carboxylic acids is 1. The second kappa shape index (κ2) is 41.5. The third-order valence-electron chi connectivity index (χ3n) is 16.0. The summed E-state index contributed by atoms with van der Waals surface area (Å²) in [6, 6.07) is -2.61. The molecule has 3 saturated heterocycles. The number of unbranched alkanes of at least 4 members (excludes halogenated alkanes) is 25. The van der Waals surface area contributed by atoms with Crippen LogP contribution in [0.1, 0.15) is 207 Å². The highest BCUT2D eigenvalue weighted by molar-refractivity contribution is 5.77. The maximum Gasteiger partial charge on any atom is 0.364 e. The van der Waals surface area contributed by atoms with Crippen molar-refractivity contribution < 1.29 is 104 Å². The highest BCUT2D eigenvalue weighted by Gasteiger charge is 2.60. The van der Waals surface area contributed by atoms with Gasteiger partial charge in [0.25, 0.3) is 5.79 Å². The van der Waals surface area contributed by atoms with Gasteiger partial charge in [-0.25, -0.2) is 4.79 Å². The zero-order valence-electron chi connectivity index (χ0n) is 49.3. The summed E-state index contributed by atoms with van der Waals surface area (Å²) in [5, 5.41) is 135. The second-order valence-electron chi connectivity index (χ2n) is 22.9. The van der Waals surface area contributed by atoms with Crippen molar-refractivity contribution in [2.24, 2.45) is 0 Å². The number of carboxylic acid groups (broad SMARTS) is 1. The Hall–Kier alpha value is -2.53. The quantitative estimate of drug-likeness (QED) is 0.0307. The fourth-order valence-electron chi connectivity index (χ4n) is 10.9. The minimum atomic E-state index is -3.08. The summed E-state index contributed by atoms with van der Waals surface area (Å²) >= 11 is 0. The predicted octanol–water partition coefficient (Wildman–Crippen LogP) is 3.17. The lowest BCUT2D eigenvalue weighted by atomic mass is 9.88. The van der Waals surface area contributed by atoms with E-state index in [2.05, 4.69) is 24.5 Å². The summed E-state index contributed by atoms with van der Waals surface area (Å²) in [5.74, 6) is -6.14. The normalized spacial score (nSPS) is 30.2. The molecule has 3 fully saturated rings. The third kappa shape index (κ3) is 25.4. The number of amides is 2. The molecule has 3 aliphatic heterocycles. The number of carbonyl (C=O) groups excluding carboxylic acids is 2. The Morgan fingerprint density at radius 2 is 1.13 bits per heavy atom. The highest BCUT2D eigenvalue weighted by atomic mass is 16.8. The molecule has 0 aliphatic carbocycles. The molecule has 82 heavy (non-hydrogen) atoms. The Bertz CT molecular complexity index is 1740. The van der Waals surface area contributed by atoms with Crippen molar-refractivity contribution in [3.8, 4) is 0 Å². The van der Waals surface area contributed by atoms with Crippen LogP contribution in [-0.2, 0) is 42.8 Å². The molecule has 3 heterocycles. The first-order chi connectivity index (χ1) is 39.4. The number of carbonyl (C=O) groups is 3. The van der Waals surface area contributed by atoms with Gasteiger partial charge in [-0.2, -0.15) is 0 Å². The van der Waals surface area contributed by atoms with Crippen LogP contribution in [0.15, 0.2) is 12.2 Å². The number of allylic oxidation sites excluding steroid dienone is 1. The molecular formula is C59H108N2O21. The van der Waals surface area contributed by atoms with Crippen molar-refractivity contribution in [1.82, 2.24) is 10.6 Å². The van der Waals surface area contributed by atoms with Gasteiger partial charge in [-0.3, -0.25) is 9.59 Å². The van der Waals surface area contributed by atoms with Gasteiger partial charge in [-0.1, -0.05) is 180 Å². The van der Waals surface area contributed by atoms with E-state index >= 15 is 0 Å². The highest BCUT2D eigenvalue weighted by Crippen LogP contribution is 2.38. The Morgan fingerprint density at radius 3 is 1.62 bits per heavy atom. The number of hydrogen-bond donors (Lipinski definition) is 14. The number of hydrogen-bond acceptors (Lipinski definition) is 20. The van der Waals surface area contributed by atoms with Crippen LogP contribution in [0.2, 0.25) is 0 Å². The van der Waals surface area contributed by atoms with Crippen molar-refractivity contribution in [2.45, 2.75) is 317 Å². The molecule has 3 rings (SSSR count). The molecule has 5 unspecified atom stereocenters. The van der Waals surface area contributed by atoms with Gasteiger partial charge in [0, 0.05) is 19.8 Å². The minimum absolute atomic E-state index is 0.204. The standard InChI is InChI=1S/C59H108N2O21/c1-4-6-8-10-12-14-16-18-19-21-23-25-27-29-31-33-46(69)61-40(41(66)32-30-28-26-24-22-20-17-15-13-11-9-7-5-2)38-77-56-51(73)50(72)53(45(37-64)79-56)80-57-52(74)55(49(71)44(36-63)78-57)82-59(58(75)76)34-42(67)47(60-39(3)65)54(81-59)48(70)43(68)35-62/h30,32,40-45,47-57,62-64,66-68,70-74H,4-29,31,33-38H2,1-3H3,(H,60,65)(H,61,69)(H,75,76)/b32-30+/t40-,41+,42+,43+,44?,45-,47+,48-,49+,50?,51?,52?,53+,54?,55-,56+,57-,59-/m0/s1. The summed E-state index contributed by atoms with van der Waals surface area (Å²) in [7, 11) is 0. The van der Waals surface area contributed by atoms with Crippen LogP contribution in [-0.4, -0.2) is 215 Å². The molecule has 23 nitrogen and oxygen atoms in total. The molecule has 480 valence electrons. The Balaban J connectivity index is 1.67. The molecule has 0 radical (unpaired) electrons. The fraction of sp³-hybridized carbons (Fsp3) is 0.915. The lowest BCUT2D eigenvalue weighted by Crippen LogP contribution is -2.70. The first kappa shape index (κ1) is 73.7.